The van der Waals surface area contributed by atoms with Gasteiger partial charge >= 0.3 is 0 Å². The van der Waals surface area contributed by atoms with Gasteiger partial charge in [-0.3, -0.25) is 0 Å². The Labute approximate surface area is 74.6 Å². The van der Waals surface area contributed by atoms with Crippen LogP contribution in [0.25, 0.3) is 0 Å². The van der Waals surface area contributed by atoms with E-state index in [1.165, 1.54) is 0 Å². The summed E-state index contributed by atoms with van der Waals surface area (Å²) >= 11 is 3.18. The summed E-state index contributed by atoms with van der Waals surface area (Å²) in [6, 6.07) is 1.83. The molecule has 0 saturated carbocycles. The minimum Gasteiger partial charge on any atom is -0.618 e. The summed E-state index contributed by atoms with van der Waals surface area (Å²) in [5, 5.41) is 11.2. The average molecular weight is 216 g/mol. The van der Waals surface area contributed by atoms with E-state index in [1.54, 1.807) is 0 Å². The van der Waals surface area contributed by atoms with Crippen molar-refractivity contribution >= 4 is 15.9 Å². The fraction of sp³-hybridized carbons (Fsp3) is 0.375. The maximum absolute atomic E-state index is 11.2. The van der Waals surface area contributed by atoms with Crippen LogP contribution in [-0.4, -0.2) is 0 Å². The Balaban J connectivity index is 3.46. The molecule has 1 heterocycles. The van der Waals surface area contributed by atoms with Crippen LogP contribution in [0.15, 0.2) is 10.7 Å². The molecule has 0 radical (unpaired) electrons. The first-order valence-corrected chi connectivity index (χ1v) is 4.19. The minimum absolute atomic E-state index is 0.582. The molecule has 0 aliphatic heterocycles. The van der Waals surface area contributed by atoms with Crippen molar-refractivity contribution in [2.24, 2.45) is 0 Å². The number of pyridine rings is 1. The van der Waals surface area contributed by atoms with Crippen LogP contribution < -0.4 is 4.73 Å². The number of hydrogen-bond donors (Lipinski definition) is 0. The van der Waals surface area contributed by atoms with E-state index < -0.39 is 0 Å². The van der Waals surface area contributed by atoms with Crippen molar-refractivity contribution in [2.45, 2.75) is 20.8 Å². The molecule has 2 nitrogen and oxygen atoms in total. The van der Waals surface area contributed by atoms with Crippen molar-refractivity contribution in [3.05, 3.63) is 32.7 Å². The second kappa shape index (κ2) is 2.81. The van der Waals surface area contributed by atoms with Crippen LogP contribution in [0.4, 0.5) is 0 Å². The molecule has 0 fully saturated rings. The van der Waals surface area contributed by atoms with Crippen molar-refractivity contribution in [3.8, 4) is 0 Å². The first-order valence-electron chi connectivity index (χ1n) is 3.40. The average Bonchev–Trinajstić information content (AvgIpc) is 1.97. The van der Waals surface area contributed by atoms with Gasteiger partial charge in [0, 0.05) is 34.5 Å². The van der Waals surface area contributed by atoms with Crippen LogP contribution in [0.1, 0.15) is 16.8 Å². The lowest BCUT2D eigenvalue weighted by molar-refractivity contribution is -0.624. The second-order valence-corrected chi connectivity index (χ2v) is 3.47. The van der Waals surface area contributed by atoms with Gasteiger partial charge in [-0.1, -0.05) is 0 Å². The fourth-order valence-electron chi connectivity index (χ4n) is 0.943. The Hall–Kier alpha value is -0.570. The van der Waals surface area contributed by atoms with E-state index in [2.05, 4.69) is 15.9 Å². The molecule has 1 aromatic heterocycles. The summed E-state index contributed by atoms with van der Waals surface area (Å²) in [4.78, 5) is 0. The van der Waals surface area contributed by atoms with E-state index in [1.807, 2.05) is 26.8 Å². The van der Waals surface area contributed by atoms with Gasteiger partial charge in [-0.2, -0.15) is 4.73 Å². The highest BCUT2D eigenvalue weighted by Gasteiger charge is 2.10. The molecular weight excluding hydrogens is 206 g/mol. The van der Waals surface area contributed by atoms with Crippen molar-refractivity contribution in [1.82, 2.24) is 0 Å². The van der Waals surface area contributed by atoms with Gasteiger partial charge in [-0.05, 0) is 19.4 Å². The molecule has 0 atom stereocenters. The first kappa shape index (κ1) is 8.53. The van der Waals surface area contributed by atoms with E-state index in [0.717, 1.165) is 21.6 Å². The third-order valence-electron chi connectivity index (χ3n) is 1.97. The molecule has 1 aromatic rings. The van der Waals surface area contributed by atoms with E-state index in [0.29, 0.717) is 4.60 Å². The van der Waals surface area contributed by atoms with Gasteiger partial charge in [-0.25, -0.2) is 0 Å². The molecule has 3 heteroatoms. The minimum atomic E-state index is 0.582. The number of aryl methyl sites for hydroxylation is 1. The third-order valence-corrected chi connectivity index (χ3v) is 2.52. The molecule has 0 N–H and O–H groups in total. The number of nitrogens with zero attached hydrogens (tertiary/aromatic N) is 1. The van der Waals surface area contributed by atoms with E-state index in [9.17, 15) is 5.21 Å². The molecule has 0 bridgehead atoms. The zero-order valence-electron chi connectivity index (χ0n) is 6.81. The topological polar surface area (TPSA) is 26.9 Å². The third kappa shape index (κ3) is 1.38. The number of aromatic nitrogens is 1. The molecule has 0 spiro atoms. The summed E-state index contributed by atoms with van der Waals surface area (Å²) in [5.74, 6) is 0. The maximum atomic E-state index is 11.2. The molecule has 1 rings (SSSR count). The zero-order valence-corrected chi connectivity index (χ0v) is 8.40. The summed E-state index contributed by atoms with van der Waals surface area (Å²) in [5.41, 5.74) is 2.96. The highest BCUT2D eigenvalue weighted by atomic mass is 79.9. The molecule has 0 unspecified atom stereocenters. The predicted octanol–water partition coefficient (Wildman–Crippen LogP) is 2.01. The van der Waals surface area contributed by atoms with Gasteiger partial charge in [0.25, 0.3) is 4.60 Å². The lowest BCUT2D eigenvalue weighted by atomic mass is 10.1. The molecular formula is C8H10BrNO. The highest BCUT2D eigenvalue weighted by molar-refractivity contribution is 9.10. The lowest BCUT2D eigenvalue weighted by Gasteiger charge is -2.07. The normalized spacial score (nSPS) is 10.2. The van der Waals surface area contributed by atoms with Crippen molar-refractivity contribution in [3.63, 3.8) is 0 Å². The predicted molar refractivity (Wildman–Crippen MR) is 47.3 cm³/mol. The fourth-order valence-corrected chi connectivity index (χ4v) is 1.55. The first-order chi connectivity index (χ1) is 5.04. The lowest BCUT2D eigenvalue weighted by Crippen LogP contribution is -2.33. The summed E-state index contributed by atoms with van der Waals surface area (Å²) in [6.07, 6.45) is 0. The Kier molecular flexibility index (Phi) is 2.18. The number of hydrogen-bond acceptors (Lipinski definition) is 1. The standard InChI is InChI=1S/C8H10BrNO/c1-5-4-8(9)10(11)7(3)6(5)2/h4H,1-3H3. The van der Waals surface area contributed by atoms with Gasteiger partial charge in [0.1, 0.15) is 0 Å². The van der Waals surface area contributed by atoms with Gasteiger partial charge in [0.2, 0.25) is 0 Å². The number of rotatable bonds is 0. The van der Waals surface area contributed by atoms with E-state index in [-0.39, 0.29) is 0 Å². The van der Waals surface area contributed by atoms with Crippen LogP contribution in [0.3, 0.4) is 0 Å². The van der Waals surface area contributed by atoms with Crippen molar-refractivity contribution < 1.29 is 4.73 Å². The molecule has 0 amide bonds. The summed E-state index contributed by atoms with van der Waals surface area (Å²) in [7, 11) is 0. The molecule has 0 saturated heterocycles. The molecule has 0 aliphatic carbocycles. The van der Waals surface area contributed by atoms with Gasteiger partial charge in [-0.15, -0.1) is 0 Å². The largest absolute Gasteiger partial charge is 0.618 e. The van der Waals surface area contributed by atoms with Crippen LogP contribution in [0.2, 0.25) is 0 Å². The Bertz CT molecular complexity index is 270. The Morgan fingerprint density at radius 3 is 2.45 bits per heavy atom. The van der Waals surface area contributed by atoms with Crippen LogP contribution in [0.5, 0.6) is 0 Å². The van der Waals surface area contributed by atoms with Crippen LogP contribution >= 0.6 is 15.9 Å². The molecule has 0 aromatic carbocycles. The highest BCUT2D eigenvalue weighted by Crippen LogP contribution is 2.13. The summed E-state index contributed by atoms with van der Waals surface area (Å²) in [6.45, 7) is 5.76. The molecule has 60 valence electrons. The summed E-state index contributed by atoms with van der Waals surface area (Å²) < 4.78 is 1.47. The quantitative estimate of drug-likeness (QED) is 0.370. The smallest absolute Gasteiger partial charge is 0.259 e. The molecule has 0 aliphatic rings. The maximum Gasteiger partial charge on any atom is 0.259 e. The SMILES string of the molecule is Cc1cc(Br)[n+]([O-])c(C)c1C. The number of halogens is 1. The Morgan fingerprint density at radius 1 is 1.36 bits per heavy atom. The van der Waals surface area contributed by atoms with Crippen LogP contribution in [-0.2, 0) is 0 Å². The van der Waals surface area contributed by atoms with E-state index >= 15 is 0 Å². The van der Waals surface area contributed by atoms with Gasteiger partial charge < -0.3 is 5.21 Å². The zero-order chi connectivity index (χ0) is 8.59. The van der Waals surface area contributed by atoms with Crippen molar-refractivity contribution in [2.75, 3.05) is 0 Å². The monoisotopic (exact) mass is 215 g/mol. The van der Waals surface area contributed by atoms with Gasteiger partial charge in [0.15, 0.2) is 5.69 Å². The second-order valence-electron chi connectivity index (χ2n) is 2.65. The van der Waals surface area contributed by atoms with Crippen LogP contribution in [0, 0.1) is 26.0 Å². The molecule has 11 heavy (non-hydrogen) atoms. The Morgan fingerprint density at radius 2 is 1.91 bits per heavy atom. The van der Waals surface area contributed by atoms with E-state index in [4.69, 9.17) is 0 Å². The van der Waals surface area contributed by atoms with Gasteiger partial charge in [0.05, 0.1) is 0 Å². The van der Waals surface area contributed by atoms with Crippen molar-refractivity contribution in [1.29, 1.82) is 0 Å².